The van der Waals surface area contributed by atoms with Gasteiger partial charge in [-0.1, -0.05) is 6.07 Å². The fourth-order valence-electron chi connectivity index (χ4n) is 1.97. The molecule has 0 aliphatic heterocycles. The van der Waals surface area contributed by atoms with Gasteiger partial charge < -0.3 is 9.84 Å². The van der Waals surface area contributed by atoms with Crippen LogP contribution < -0.4 is 0 Å². The molecule has 0 bridgehead atoms. The standard InChI is InChI=1S/C13H15FN4O3/c1-8-3-4-9(14)5-11(8)13-15-16-17-18(13)7-10(21-2)6-12(19)20/h3-5,10H,6-7H2,1-2H3,(H,19,20). The molecule has 1 N–H and O–H groups in total. The molecular weight excluding hydrogens is 279 g/mol. The minimum atomic E-state index is -0.974. The Balaban J connectivity index is 2.30. The minimum absolute atomic E-state index is 0.168. The number of ether oxygens (including phenoxy) is 1. The summed E-state index contributed by atoms with van der Waals surface area (Å²) in [6.45, 7) is 1.99. The number of nitrogens with zero attached hydrogens (tertiary/aromatic N) is 4. The molecule has 21 heavy (non-hydrogen) atoms. The van der Waals surface area contributed by atoms with Crippen molar-refractivity contribution in [3.05, 3.63) is 29.6 Å². The number of carboxylic acids is 1. The fourth-order valence-corrected chi connectivity index (χ4v) is 1.97. The molecule has 0 radical (unpaired) electrons. The summed E-state index contributed by atoms with van der Waals surface area (Å²) in [6, 6.07) is 4.33. The van der Waals surface area contributed by atoms with E-state index in [0.717, 1.165) is 5.56 Å². The average Bonchev–Trinajstić information content (AvgIpc) is 2.88. The molecule has 8 heteroatoms. The molecule has 0 spiro atoms. The molecule has 1 aromatic carbocycles. The first-order valence-corrected chi connectivity index (χ1v) is 6.28. The zero-order valence-electron chi connectivity index (χ0n) is 11.7. The molecule has 0 saturated heterocycles. The number of methoxy groups -OCH3 is 1. The summed E-state index contributed by atoms with van der Waals surface area (Å²) in [4.78, 5) is 10.8. The molecule has 1 aromatic heterocycles. The highest BCUT2D eigenvalue weighted by Crippen LogP contribution is 2.22. The summed E-state index contributed by atoms with van der Waals surface area (Å²) in [6.07, 6.45) is -0.739. The second-order valence-electron chi connectivity index (χ2n) is 4.60. The van der Waals surface area contributed by atoms with E-state index in [2.05, 4.69) is 15.5 Å². The quantitative estimate of drug-likeness (QED) is 0.863. The molecule has 2 aromatic rings. The maximum Gasteiger partial charge on any atom is 0.306 e. The predicted molar refractivity (Wildman–Crippen MR) is 71.0 cm³/mol. The van der Waals surface area contributed by atoms with E-state index in [1.807, 2.05) is 6.92 Å². The number of hydrogen-bond donors (Lipinski definition) is 1. The van der Waals surface area contributed by atoms with Gasteiger partial charge in [0, 0.05) is 12.7 Å². The molecule has 0 aliphatic rings. The average molecular weight is 294 g/mol. The van der Waals surface area contributed by atoms with Crippen LogP contribution in [0, 0.1) is 12.7 Å². The lowest BCUT2D eigenvalue weighted by atomic mass is 10.1. The Labute approximate surface area is 120 Å². The SMILES string of the molecule is COC(CC(=O)O)Cn1nnnc1-c1cc(F)ccc1C. The van der Waals surface area contributed by atoms with E-state index in [4.69, 9.17) is 9.84 Å². The van der Waals surface area contributed by atoms with E-state index in [1.165, 1.54) is 23.9 Å². The monoisotopic (exact) mass is 294 g/mol. The number of aliphatic carboxylic acids is 1. The van der Waals surface area contributed by atoms with Crippen molar-refractivity contribution in [1.29, 1.82) is 0 Å². The van der Waals surface area contributed by atoms with Crippen molar-refractivity contribution in [2.24, 2.45) is 0 Å². The van der Waals surface area contributed by atoms with E-state index >= 15 is 0 Å². The van der Waals surface area contributed by atoms with Gasteiger partial charge in [-0.2, -0.15) is 0 Å². The minimum Gasteiger partial charge on any atom is -0.481 e. The summed E-state index contributed by atoms with van der Waals surface area (Å²) in [5.41, 5.74) is 1.38. The van der Waals surface area contributed by atoms with E-state index in [9.17, 15) is 9.18 Å². The third-order valence-corrected chi connectivity index (χ3v) is 3.08. The zero-order chi connectivity index (χ0) is 15.4. The number of carbonyl (C=O) groups is 1. The third kappa shape index (κ3) is 3.60. The lowest BCUT2D eigenvalue weighted by molar-refractivity contribution is -0.140. The lowest BCUT2D eigenvalue weighted by Gasteiger charge is -2.14. The van der Waals surface area contributed by atoms with Crippen LogP contribution in [0.5, 0.6) is 0 Å². The summed E-state index contributed by atoms with van der Waals surface area (Å²) in [5, 5.41) is 20.1. The van der Waals surface area contributed by atoms with Crippen molar-refractivity contribution < 1.29 is 19.0 Å². The van der Waals surface area contributed by atoms with E-state index in [0.29, 0.717) is 11.4 Å². The van der Waals surface area contributed by atoms with Crippen molar-refractivity contribution in [1.82, 2.24) is 20.2 Å². The van der Waals surface area contributed by atoms with Gasteiger partial charge in [0.2, 0.25) is 0 Å². The van der Waals surface area contributed by atoms with Crippen LogP contribution in [-0.4, -0.2) is 44.5 Å². The summed E-state index contributed by atoms with van der Waals surface area (Å²) < 4.78 is 19.9. The summed E-state index contributed by atoms with van der Waals surface area (Å²) >= 11 is 0. The molecule has 0 saturated carbocycles. The van der Waals surface area contributed by atoms with Crippen molar-refractivity contribution in [3.8, 4) is 11.4 Å². The van der Waals surface area contributed by atoms with Crippen molar-refractivity contribution >= 4 is 5.97 Å². The molecule has 0 amide bonds. The molecule has 7 nitrogen and oxygen atoms in total. The second kappa shape index (κ2) is 6.40. The van der Waals surface area contributed by atoms with Crippen LogP contribution in [0.15, 0.2) is 18.2 Å². The molecular formula is C13H15FN4O3. The highest BCUT2D eigenvalue weighted by Gasteiger charge is 2.18. The Kier molecular flexibility index (Phi) is 4.59. The number of aryl methyl sites for hydroxylation is 1. The first kappa shape index (κ1) is 15.0. The number of hydrogen-bond acceptors (Lipinski definition) is 5. The van der Waals surface area contributed by atoms with Crippen molar-refractivity contribution in [2.45, 2.75) is 26.0 Å². The van der Waals surface area contributed by atoms with E-state index in [1.54, 1.807) is 6.07 Å². The van der Waals surface area contributed by atoms with E-state index in [-0.39, 0.29) is 18.8 Å². The number of tetrazole rings is 1. The normalized spacial score (nSPS) is 12.3. The van der Waals surface area contributed by atoms with Crippen LogP contribution in [0.1, 0.15) is 12.0 Å². The Hall–Kier alpha value is -2.35. The first-order chi connectivity index (χ1) is 10.0. The number of rotatable bonds is 6. The predicted octanol–water partition coefficient (Wildman–Crippen LogP) is 1.28. The van der Waals surface area contributed by atoms with Gasteiger partial charge in [0.25, 0.3) is 0 Å². The number of halogens is 1. The second-order valence-corrected chi connectivity index (χ2v) is 4.60. The van der Waals surface area contributed by atoms with Crippen molar-refractivity contribution in [2.75, 3.05) is 7.11 Å². The van der Waals surface area contributed by atoms with Gasteiger partial charge in [0.1, 0.15) is 5.82 Å². The zero-order valence-corrected chi connectivity index (χ0v) is 11.7. The first-order valence-electron chi connectivity index (χ1n) is 6.28. The van der Waals surface area contributed by atoms with Gasteiger partial charge in [-0.15, -0.1) is 5.10 Å². The van der Waals surface area contributed by atoms with Crippen LogP contribution in [-0.2, 0) is 16.1 Å². The molecule has 0 aliphatic carbocycles. The van der Waals surface area contributed by atoms with Crippen LogP contribution >= 0.6 is 0 Å². The smallest absolute Gasteiger partial charge is 0.306 e. The molecule has 1 heterocycles. The van der Waals surface area contributed by atoms with Crippen LogP contribution in [0.25, 0.3) is 11.4 Å². The third-order valence-electron chi connectivity index (χ3n) is 3.08. The van der Waals surface area contributed by atoms with Crippen LogP contribution in [0.2, 0.25) is 0 Å². The maximum absolute atomic E-state index is 13.4. The molecule has 2 rings (SSSR count). The van der Waals surface area contributed by atoms with Gasteiger partial charge in [-0.25, -0.2) is 9.07 Å². The van der Waals surface area contributed by atoms with Gasteiger partial charge in [0.15, 0.2) is 5.82 Å². The number of carboxylic acid groups (broad SMARTS) is 1. The van der Waals surface area contributed by atoms with Gasteiger partial charge in [-0.05, 0) is 35.0 Å². The van der Waals surface area contributed by atoms with E-state index < -0.39 is 12.1 Å². The van der Waals surface area contributed by atoms with Crippen molar-refractivity contribution in [3.63, 3.8) is 0 Å². The Morgan fingerprint density at radius 2 is 2.29 bits per heavy atom. The number of benzene rings is 1. The number of aromatic nitrogens is 4. The van der Waals surface area contributed by atoms with Crippen LogP contribution in [0.3, 0.4) is 0 Å². The Morgan fingerprint density at radius 3 is 2.95 bits per heavy atom. The van der Waals surface area contributed by atoms with Gasteiger partial charge in [0.05, 0.1) is 19.1 Å². The molecule has 112 valence electrons. The molecule has 1 atom stereocenters. The van der Waals surface area contributed by atoms with Gasteiger partial charge >= 0.3 is 5.97 Å². The van der Waals surface area contributed by atoms with Crippen LogP contribution in [0.4, 0.5) is 4.39 Å². The fraction of sp³-hybridized carbons (Fsp3) is 0.385. The largest absolute Gasteiger partial charge is 0.481 e. The summed E-state index contributed by atoms with van der Waals surface area (Å²) in [5.74, 6) is -0.989. The van der Waals surface area contributed by atoms with Gasteiger partial charge in [-0.3, -0.25) is 4.79 Å². The molecule has 0 fully saturated rings. The Morgan fingerprint density at radius 1 is 1.52 bits per heavy atom. The Bertz CT molecular complexity index is 644. The highest BCUT2D eigenvalue weighted by atomic mass is 19.1. The maximum atomic E-state index is 13.4. The topological polar surface area (TPSA) is 90.1 Å². The molecule has 1 unspecified atom stereocenters. The lowest BCUT2D eigenvalue weighted by Crippen LogP contribution is -2.23. The summed E-state index contributed by atoms with van der Waals surface area (Å²) in [7, 11) is 1.42. The highest BCUT2D eigenvalue weighted by molar-refractivity contribution is 5.67.